The van der Waals surface area contributed by atoms with Crippen molar-refractivity contribution in [3.63, 3.8) is 0 Å². The molecule has 0 heterocycles. The monoisotopic (exact) mass is 248 g/mol. The van der Waals surface area contributed by atoms with E-state index >= 15 is 0 Å². The predicted molar refractivity (Wildman–Crippen MR) is 11.3 cm³/mol. The first-order chi connectivity index (χ1) is 1.73. The Labute approximate surface area is 258 Å². The molecule has 0 aromatic carbocycles. The van der Waals surface area contributed by atoms with E-state index in [1.807, 2.05) is 0 Å². The molecule has 0 amide bonds. The molecule has 3 nitrogen and oxygen atoms in total. The topological polar surface area (TPSA) is 69.2 Å². The van der Waals surface area contributed by atoms with Crippen LogP contribution in [0.1, 0.15) is 7.13 Å². The van der Waals surface area contributed by atoms with Gasteiger partial charge in [-0.25, -0.2) is 0 Å². The van der Waals surface area contributed by atoms with E-state index in [2.05, 4.69) is 0 Å². The van der Waals surface area contributed by atoms with Crippen molar-refractivity contribution in [2.24, 2.45) is 0 Å². The van der Waals surface area contributed by atoms with Crippen molar-refractivity contribution in [3.05, 3.63) is 0 Å². The van der Waals surface area contributed by atoms with Gasteiger partial charge in [0.15, 0.2) is 0 Å². The standard InChI is InChI=1S/BO3.8Na.5H/c2-1(3)4;;;;;;;;;;;;;/q-3;8*+1;5*-1. The van der Waals surface area contributed by atoms with Gasteiger partial charge in [-0.15, -0.1) is 0 Å². The first-order valence-electron chi connectivity index (χ1n) is 0.707. The molecule has 0 aliphatic carbocycles. The van der Waals surface area contributed by atoms with Crippen LogP contribution in [0.25, 0.3) is 0 Å². The van der Waals surface area contributed by atoms with Crippen LogP contribution in [0, 0.1) is 0 Å². The zero-order valence-corrected chi connectivity index (χ0v) is 25.8. The fourth-order valence-electron chi connectivity index (χ4n) is 0. The molecule has 0 rings (SSSR count). The van der Waals surface area contributed by atoms with E-state index in [0.29, 0.717) is 0 Å². The van der Waals surface area contributed by atoms with Crippen LogP contribution in [0.4, 0.5) is 0 Å². The van der Waals surface area contributed by atoms with Gasteiger partial charge in [0.1, 0.15) is 0 Å². The summed E-state index contributed by atoms with van der Waals surface area (Å²) in [5.74, 6) is 0. The Morgan fingerprint density at radius 1 is 0.500 bits per heavy atom. The van der Waals surface area contributed by atoms with Crippen molar-refractivity contribution >= 4 is 7.32 Å². The van der Waals surface area contributed by atoms with E-state index in [4.69, 9.17) is 15.1 Å². The van der Waals surface area contributed by atoms with Gasteiger partial charge in [0, 0.05) is 0 Å². The molecule has 0 aromatic heterocycles. The van der Waals surface area contributed by atoms with Gasteiger partial charge in [-0.2, -0.15) is 0 Å². The number of hydrogen-bond donors (Lipinski definition) is 0. The molecule has 0 bridgehead atoms. The summed E-state index contributed by atoms with van der Waals surface area (Å²) in [7, 11) is -2.92. The summed E-state index contributed by atoms with van der Waals surface area (Å²) < 4.78 is 0. The molecule has 0 aliphatic rings. The minimum Gasteiger partial charge on any atom is -1.00 e. The summed E-state index contributed by atoms with van der Waals surface area (Å²) in [6.07, 6.45) is 0. The van der Waals surface area contributed by atoms with Gasteiger partial charge in [0.05, 0.1) is 0 Å². The summed E-state index contributed by atoms with van der Waals surface area (Å²) >= 11 is 0. The fourth-order valence-corrected chi connectivity index (χ4v) is 0. The van der Waals surface area contributed by atoms with Crippen molar-refractivity contribution in [2.45, 2.75) is 0 Å². The summed E-state index contributed by atoms with van der Waals surface area (Å²) in [4.78, 5) is 0. The maximum absolute atomic E-state index is 8.42. The summed E-state index contributed by atoms with van der Waals surface area (Å²) in [6.45, 7) is 0. The third kappa shape index (κ3) is 81.6. The largest absolute Gasteiger partial charge is 1.00 e. The molecule has 12 heavy (non-hydrogen) atoms. The third-order valence-corrected chi connectivity index (χ3v) is 0. The molecule has 0 saturated carbocycles. The quantitative estimate of drug-likeness (QED) is 0.399. The van der Waals surface area contributed by atoms with Gasteiger partial charge in [0.2, 0.25) is 0 Å². The van der Waals surface area contributed by atoms with Crippen LogP contribution >= 0.6 is 0 Å². The minimum absolute atomic E-state index is 0. The zero-order chi connectivity index (χ0) is 3.58. The molecule has 34 valence electrons. The first-order valence-corrected chi connectivity index (χ1v) is 0.707. The molecule has 0 spiro atoms. The maximum Gasteiger partial charge on any atom is 1.00 e. The molecule has 0 aromatic rings. The van der Waals surface area contributed by atoms with Crippen LogP contribution in [0.2, 0.25) is 0 Å². The molecule has 0 fully saturated rings. The fraction of sp³-hybridized carbons (Fsp3) is 0. The Morgan fingerprint density at radius 2 is 0.500 bits per heavy atom. The Kier molecular flexibility index (Phi) is 254. The molecule has 0 aliphatic heterocycles. The van der Waals surface area contributed by atoms with Gasteiger partial charge in [-0.3, -0.25) is 7.32 Å². The summed E-state index contributed by atoms with van der Waals surface area (Å²) in [5.41, 5.74) is 0. The molecule has 0 radical (unpaired) electrons. The maximum atomic E-state index is 8.42. The first kappa shape index (κ1) is 59.8. The average molecular weight is 248 g/mol. The SMILES string of the molecule is [H-].[H-].[H-].[H-].[H-].[Na+].[Na+].[Na+].[Na+].[Na+].[Na+].[Na+].[Na+].[O-]B([O-])[O-]. The second-order valence-electron chi connectivity index (χ2n) is 0.289. The van der Waals surface area contributed by atoms with E-state index in [0.717, 1.165) is 0 Å². The molecular formula is H5BNa8O3. The van der Waals surface area contributed by atoms with Crippen molar-refractivity contribution in [1.29, 1.82) is 0 Å². The van der Waals surface area contributed by atoms with Crippen LogP contribution in [0.3, 0.4) is 0 Å². The molecule has 0 atom stereocenters. The number of rotatable bonds is 0. The van der Waals surface area contributed by atoms with Crippen molar-refractivity contribution in [3.8, 4) is 0 Å². The van der Waals surface area contributed by atoms with Crippen LogP contribution in [0.5, 0.6) is 0 Å². The Hall–Kier alpha value is 7.94. The van der Waals surface area contributed by atoms with E-state index in [-0.39, 0.29) is 244 Å². The van der Waals surface area contributed by atoms with E-state index in [1.54, 1.807) is 0 Å². The minimum atomic E-state index is -2.92. The van der Waals surface area contributed by atoms with Gasteiger partial charge in [-0.05, 0) is 0 Å². The third-order valence-electron chi connectivity index (χ3n) is 0. The van der Waals surface area contributed by atoms with Gasteiger partial charge in [-0.1, -0.05) is 0 Å². The van der Waals surface area contributed by atoms with E-state index in [1.165, 1.54) is 0 Å². The Bertz CT molecular complexity index is 33.9. The Morgan fingerprint density at radius 3 is 0.500 bits per heavy atom. The van der Waals surface area contributed by atoms with Gasteiger partial charge < -0.3 is 22.2 Å². The summed E-state index contributed by atoms with van der Waals surface area (Å²) in [5, 5.41) is 25.2. The second kappa shape index (κ2) is 50.9. The zero-order valence-electron chi connectivity index (χ0n) is 14.8. The predicted octanol–water partition coefficient (Wildman–Crippen LogP) is -27.4. The molecule has 12 heteroatoms. The van der Waals surface area contributed by atoms with E-state index < -0.39 is 7.32 Å². The van der Waals surface area contributed by atoms with Crippen LogP contribution in [-0.2, 0) is 0 Å². The van der Waals surface area contributed by atoms with Crippen LogP contribution in [-0.4, -0.2) is 7.32 Å². The van der Waals surface area contributed by atoms with E-state index in [9.17, 15) is 0 Å². The van der Waals surface area contributed by atoms with Crippen LogP contribution < -0.4 is 252 Å². The van der Waals surface area contributed by atoms with Gasteiger partial charge in [0.25, 0.3) is 0 Å². The normalized spacial score (nSPS) is 2.25. The molecular weight excluding hydrogens is 243 g/mol. The van der Waals surface area contributed by atoms with Gasteiger partial charge >= 0.3 is 236 Å². The molecule has 0 N–H and O–H groups in total. The van der Waals surface area contributed by atoms with Crippen molar-refractivity contribution < 1.29 is 259 Å². The summed E-state index contributed by atoms with van der Waals surface area (Å²) in [6, 6.07) is 0. The molecule has 0 unspecified atom stereocenters. The number of hydrogen-bond acceptors (Lipinski definition) is 3. The van der Waals surface area contributed by atoms with Crippen molar-refractivity contribution in [2.75, 3.05) is 0 Å². The molecule has 0 saturated heterocycles. The van der Waals surface area contributed by atoms with Crippen molar-refractivity contribution in [1.82, 2.24) is 0 Å². The Balaban J connectivity index is -0.000000000577. The average Bonchev–Trinajstić information content (AvgIpc) is 0.811. The van der Waals surface area contributed by atoms with Crippen LogP contribution in [0.15, 0.2) is 0 Å². The second-order valence-corrected chi connectivity index (χ2v) is 0.289. The smallest absolute Gasteiger partial charge is 1.00 e.